The summed E-state index contributed by atoms with van der Waals surface area (Å²) in [5, 5.41) is 6.23. The van der Waals surface area contributed by atoms with Crippen LogP contribution in [0.5, 0.6) is 0 Å². The number of hydrogen-bond donors (Lipinski definition) is 3. The Morgan fingerprint density at radius 3 is 2.08 bits per heavy atom. The highest BCUT2D eigenvalue weighted by Crippen LogP contribution is 2.27. The van der Waals surface area contributed by atoms with Crippen LogP contribution in [-0.2, 0) is 26.6 Å². The minimum Gasteiger partial charge on any atom is -0.398 e. The summed E-state index contributed by atoms with van der Waals surface area (Å²) in [6, 6.07) is 15.7. The maximum absolute atomic E-state index is 12.7. The van der Waals surface area contributed by atoms with Crippen LogP contribution in [0.15, 0.2) is 70.5 Å². The van der Waals surface area contributed by atoms with Crippen LogP contribution in [0.4, 0.5) is 5.69 Å². The predicted octanol–water partition coefficient (Wildman–Crippen LogP) is 1.55. The smallest absolute Gasteiger partial charge is 0.241 e. The van der Waals surface area contributed by atoms with Gasteiger partial charge in [0.25, 0.3) is 0 Å². The Kier molecular flexibility index (Phi) is 4.72. The van der Waals surface area contributed by atoms with Gasteiger partial charge in [0.2, 0.25) is 20.0 Å². The molecule has 0 fully saturated rings. The summed E-state index contributed by atoms with van der Waals surface area (Å²) in [4.78, 5) is 0.0945. The lowest BCUT2D eigenvalue weighted by molar-refractivity contribution is 0.582. The van der Waals surface area contributed by atoms with Gasteiger partial charge in [-0.15, -0.1) is 0 Å². The monoisotopic (exact) mass is 391 g/mol. The fraction of sp³-hybridized carbons (Fsp3) is 0.0588. The Balaban J connectivity index is 1.87. The number of benzene rings is 3. The van der Waals surface area contributed by atoms with Gasteiger partial charge in [-0.25, -0.2) is 26.7 Å². The van der Waals surface area contributed by atoms with Crippen LogP contribution in [0.1, 0.15) is 5.56 Å². The number of nitrogen functional groups attached to an aromatic ring is 1. The van der Waals surface area contributed by atoms with Gasteiger partial charge in [0, 0.05) is 23.0 Å². The number of sulfonamides is 2. The standard InChI is InChI=1S/C17H17N3O4S2/c18-16-5-1-4-15-14(16)3-2-6-17(15)26(23,24)20-11-12-7-9-13(10-8-12)25(19,21)22/h1-10,20H,11,18H2,(H2,19,21,22). The van der Waals surface area contributed by atoms with Crippen molar-refractivity contribution >= 4 is 36.5 Å². The molecule has 3 rings (SSSR count). The zero-order chi connectivity index (χ0) is 18.9. The van der Waals surface area contributed by atoms with E-state index in [4.69, 9.17) is 10.9 Å². The molecule has 0 aliphatic heterocycles. The molecule has 3 aromatic rings. The van der Waals surface area contributed by atoms with Crippen molar-refractivity contribution in [3.05, 3.63) is 66.2 Å². The fourth-order valence-corrected chi connectivity index (χ4v) is 4.35. The summed E-state index contributed by atoms with van der Waals surface area (Å²) in [6.07, 6.45) is 0. The molecule has 0 aliphatic carbocycles. The highest BCUT2D eigenvalue weighted by Gasteiger charge is 2.17. The van der Waals surface area contributed by atoms with E-state index in [9.17, 15) is 16.8 Å². The molecule has 0 heterocycles. The van der Waals surface area contributed by atoms with Crippen LogP contribution < -0.4 is 15.6 Å². The highest BCUT2D eigenvalue weighted by atomic mass is 32.2. The van der Waals surface area contributed by atoms with E-state index in [1.165, 1.54) is 30.3 Å². The molecule has 7 nitrogen and oxygen atoms in total. The van der Waals surface area contributed by atoms with Crippen LogP contribution in [0.3, 0.4) is 0 Å². The molecular weight excluding hydrogens is 374 g/mol. The topological polar surface area (TPSA) is 132 Å². The zero-order valence-corrected chi connectivity index (χ0v) is 15.2. The molecule has 0 saturated carbocycles. The lowest BCUT2D eigenvalue weighted by Crippen LogP contribution is -2.23. The molecule has 136 valence electrons. The Hall–Kier alpha value is -2.46. The molecule has 5 N–H and O–H groups in total. The first-order chi connectivity index (χ1) is 12.2. The van der Waals surface area contributed by atoms with Gasteiger partial charge in [0.15, 0.2) is 0 Å². The van der Waals surface area contributed by atoms with E-state index in [-0.39, 0.29) is 16.3 Å². The third-order valence-electron chi connectivity index (χ3n) is 3.92. The number of anilines is 1. The van der Waals surface area contributed by atoms with E-state index in [0.717, 1.165) is 0 Å². The molecule has 0 aromatic heterocycles. The van der Waals surface area contributed by atoms with E-state index in [0.29, 0.717) is 22.0 Å². The van der Waals surface area contributed by atoms with E-state index in [2.05, 4.69) is 4.72 Å². The SMILES string of the molecule is Nc1cccc2c(S(=O)(=O)NCc3ccc(S(N)(=O)=O)cc3)cccc12. The number of rotatable bonds is 5. The summed E-state index contributed by atoms with van der Waals surface area (Å²) < 4.78 is 50.4. The second-order valence-corrected chi connectivity index (χ2v) is 9.01. The Bertz CT molecular complexity index is 1170. The Labute approximate surface area is 151 Å². The number of fused-ring (bicyclic) bond motifs is 1. The van der Waals surface area contributed by atoms with Crippen molar-refractivity contribution in [2.75, 3.05) is 5.73 Å². The third kappa shape index (κ3) is 3.70. The third-order valence-corrected chi connectivity index (χ3v) is 6.31. The lowest BCUT2D eigenvalue weighted by atomic mass is 10.1. The van der Waals surface area contributed by atoms with E-state index in [1.807, 2.05) is 0 Å². The second-order valence-electron chi connectivity index (χ2n) is 5.71. The van der Waals surface area contributed by atoms with Crippen molar-refractivity contribution in [3.63, 3.8) is 0 Å². The number of primary sulfonamides is 1. The molecule has 3 aromatic carbocycles. The van der Waals surface area contributed by atoms with E-state index < -0.39 is 20.0 Å². The van der Waals surface area contributed by atoms with Crippen molar-refractivity contribution in [2.45, 2.75) is 16.3 Å². The van der Waals surface area contributed by atoms with Gasteiger partial charge in [-0.1, -0.05) is 36.4 Å². The van der Waals surface area contributed by atoms with Crippen LogP contribution >= 0.6 is 0 Å². The van der Waals surface area contributed by atoms with E-state index >= 15 is 0 Å². The molecule has 0 spiro atoms. The molecule has 0 radical (unpaired) electrons. The first-order valence-corrected chi connectivity index (χ1v) is 10.6. The fourth-order valence-electron chi connectivity index (χ4n) is 2.59. The quantitative estimate of drug-likeness (QED) is 0.568. The molecule has 0 aliphatic rings. The van der Waals surface area contributed by atoms with Gasteiger partial charge in [-0.05, 0) is 29.8 Å². The molecule has 0 atom stereocenters. The van der Waals surface area contributed by atoms with Crippen molar-refractivity contribution in [2.24, 2.45) is 5.14 Å². The maximum atomic E-state index is 12.7. The molecule has 9 heteroatoms. The summed E-state index contributed by atoms with van der Waals surface area (Å²) in [7, 11) is -7.57. The average Bonchev–Trinajstić information content (AvgIpc) is 2.59. The zero-order valence-electron chi connectivity index (χ0n) is 13.6. The minimum absolute atomic E-state index is 0.00589. The maximum Gasteiger partial charge on any atom is 0.241 e. The molecule has 0 saturated heterocycles. The van der Waals surface area contributed by atoms with Crippen molar-refractivity contribution in [3.8, 4) is 0 Å². The van der Waals surface area contributed by atoms with Crippen LogP contribution in [-0.4, -0.2) is 16.8 Å². The van der Waals surface area contributed by atoms with E-state index in [1.54, 1.807) is 30.3 Å². The van der Waals surface area contributed by atoms with Gasteiger partial charge >= 0.3 is 0 Å². The lowest BCUT2D eigenvalue weighted by Gasteiger charge is -2.11. The number of nitrogens with one attached hydrogen (secondary N) is 1. The van der Waals surface area contributed by atoms with Gasteiger partial charge in [0.05, 0.1) is 9.79 Å². The second kappa shape index (κ2) is 6.69. The molecular formula is C17H17N3O4S2. The summed E-state index contributed by atoms with van der Waals surface area (Å²) in [5.74, 6) is 0. The summed E-state index contributed by atoms with van der Waals surface area (Å²) in [6.45, 7) is 0.00589. The van der Waals surface area contributed by atoms with Gasteiger partial charge in [0.1, 0.15) is 0 Å². The minimum atomic E-state index is -3.79. The molecule has 0 amide bonds. The molecule has 26 heavy (non-hydrogen) atoms. The summed E-state index contributed by atoms with van der Waals surface area (Å²) >= 11 is 0. The number of nitrogens with two attached hydrogens (primary N) is 2. The molecule has 0 unspecified atom stereocenters. The van der Waals surface area contributed by atoms with Crippen LogP contribution in [0.25, 0.3) is 10.8 Å². The molecule has 0 bridgehead atoms. The Morgan fingerprint density at radius 1 is 0.808 bits per heavy atom. The average molecular weight is 391 g/mol. The van der Waals surface area contributed by atoms with Gasteiger partial charge in [-0.2, -0.15) is 0 Å². The van der Waals surface area contributed by atoms with Gasteiger partial charge in [-0.3, -0.25) is 0 Å². The first-order valence-electron chi connectivity index (χ1n) is 7.57. The summed E-state index contributed by atoms with van der Waals surface area (Å²) in [5.41, 5.74) is 7.00. The van der Waals surface area contributed by atoms with Crippen LogP contribution in [0.2, 0.25) is 0 Å². The van der Waals surface area contributed by atoms with Crippen molar-refractivity contribution in [1.29, 1.82) is 0 Å². The number of hydrogen-bond acceptors (Lipinski definition) is 5. The van der Waals surface area contributed by atoms with Crippen molar-refractivity contribution in [1.82, 2.24) is 4.72 Å². The highest BCUT2D eigenvalue weighted by molar-refractivity contribution is 7.89. The first kappa shape index (κ1) is 18.3. The Morgan fingerprint density at radius 2 is 1.42 bits per heavy atom. The van der Waals surface area contributed by atoms with Gasteiger partial charge < -0.3 is 5.73 Å². The van der Waals surface area contributed by atoms with Crippen molar-refractivity contribution < 1.29 is 16.8 Å². The largest absolute Gasteiger partial charge is 0.398 e. The predicted molar refractivity (Wildman–Crippen MR) is 100 cm³/mol. The normalized spacial score (nSPS) is 12.3. The van der Waals surface area contributed by atoms with Crippen LogP contribution in [0, 0.1) is 0 Å².